The Morgan fingerprint density at radius 1 is 1.00 bits per heavy atom. The number of rotatable bonds is 12. The van der Waals surface area contributed by atoms with Crippen LogP contribution in [0.1, 0.15) is 84.0 Å². The molecule has 0 atom stereocenters. The number of unbranched alkanes of at least 4 members (excludes halogenated alkanes) is 6. The van der Waals surface area contributed by atoms with Gasteiger partial charge in [0.1, 0.15) is 11.5 Å². The second-order valence-electron chi connectivity index (χ2n) is 6.11. The minimum atomic E-state index is -3.67. The van der Waals surface area contributed by atoms with Crippen LogP contribution in [0.4, 0.5) is 0 Å². The van der Waals surface area contributed by atoms with Crippen molar-refractivity contribution in [3.63, 3.8) is 0 Å². The maximum absolute atomic E-state index is 11.8. The Balaban J connectivity index is 2.09. The molecule has 124 valence electrons. The van der Waals surface area contributed by atoms with Crippen LogP contribution in [0.15, 0.2) is 0 Å². The summed E-state index contributed by atoms with van der Waals surface area (Å²) in [5, 5.41) is 0. The predicted octanol–water partition coefficient (Wildman–Crippen LogP) is 3.99. The standard InChI is InChI=1S/C16H30O4S/c1-2-3-4-5-6-7-8-11-15(17)14-21(18,19)20-16-12-9-10-13-16/h16H,2-14H2,1H3. The highest BCUT2D eigenvalue weighted by molar-refractivity contribution is 7.87. The Hall–Kier alpha value is -0.420. The van der Waals surface area contributed by atoms with Crippen LogP contribution < -0.4 is 0 Å². The van der Waals surface area contributed by atoms with E-state index in [1.807, 2.05) is 0 Å². The van der Waals surface area contributed by atoms with Crippen molar-refractivity contribution in [1.29, 1.82) is 0 Å². The van der Waals surface area contributed by atoms with Crippen LogP contribution in [-0.4, -0.2) is 26.1 Å². The monoisotopic (exact) mass is 318 g/mol. The zero-order chi connectivity index (χ0) is 15.6. The maximum Gasteiger partial charge on any atom is 0.274 e. The van der Waals surface area contributed by atoms with Gasteiger partial charge in [-0.2, -0.15) is 8.42 Å². The molecule has 0 saturated heterocycles. The summed E-state index contributed by atoms with van der Waals surface area (Å²) in [6, 6.07) is 0. The summed E-state index contributed by atoms with van der Waals surface area (Å²) in [5.41, 5.74) is 0. The first-order valence-corrected chi connectivity index (χ1v) is 10.0. The van der Waals surface area contributed by atoms with Crippen molar-refractivity contribution < 1.29 is 17.4 Å². The lowest BCUT2D eigenvalue weighted by atomic mass is 10.1. The zero-order valence-electron chi connectivity index (χ0n) is 13.3. The molecule has 0 aliphatic heterocycles. The Kier molecular flexibility index (Phi) is 9.16. The molecule has 1 rings (SSSR count). The Morgan fingerprint density at radius 3 is 2.19 bits per heavy atom. The van der Waals surface area contributed by atoms with E-state index in [-0.39, 0.29) is 11.9 Å². The van der Waals surface area contributed by atoms with E-state index in [9.17, 15) is 13.2 Å². The summed E-state index contributed by atoms with van der Waals surface area (Å²) < 4.78 is 28.6. The fraction of sp³-hybridized carbons (Fsp3) is 0.938. The smallest absolute Gasteiger partial charge is 0.274 e. The van der Waals surface area contributed by atoms with E-state index in [2.05, 4.69) is 6.92 Å². The third kappa shape index (κ3) is 9.25. The normalized spacial score (nSPS) is 16.4. The molecule has 0 N–H and O–H groups in total. The average molecular weight is 318 g/mol. The SMILES string of the molecule is CCCCCCCCCC(=O)CS(=O)(=O)OC1CCCC1. The molecule has 1 aliphatic rings. The van der Waals surface area contributed by atoms with Gasteiger partial charge in [-0.1, -0.05) is 58.3 Å². The number of carbonyl (C=O) groups excluding carboxylic acids is 1. The van der Waals surface area contributed by atoms with E-state index in [4.69, 9.17) is 4.18 Å². The van der Waals surface area contributed by atoms with E-state index in [1.165, 1.54) is 25.7 Å². The number of hydrogen-bond donors (Lipinski definition) is 0. The lowest BCUT2D eigenvalue weighted by Gasteiger charge is -2.10. The van der Waals surface area contributed by atoms with Crippen LogP contribution in [0.3, 0.4) is 0 Å². The van der Waals surface area contributed by atoms with Gasteiger partial charge in [0.25, 0.3) is 10.1 Å². The molecule has 0 bridgehead atoms. The third-order valence-corrected chi connectivity index (χ3v) is 5.22. The molecule has 0 aromatic rings. The highest BCUT2D eigenvalue weighted by atomic mass is 32.2. The molecule has 0 aromatic carbocycles. The van der Waals surface area contributed by atoms with E-state index >= 15 is 0 Å². The lowest BCUT2D eigenvalue weighted by molar-refractivity contribution is -0.116. The van der Waals surface area contributed by atoms with Crippen LogP contribution in [0.25, 0.3) is 0 Å². The summed E-state index contributed by atoms with van der Waals surface area (Å²) in [7, 11) is -3.67. The molecule has 0 unspecified atom stereocenters. The third-order valence-electron chi connectivity index (χ3n) is 3.98. The zero-order valence-corrected chi connectivity index (χ0v) is 14.1. The van der Waals surface area contributed by atoms with E-state index in [0.29, 0.717) is 6.42 Å². The summed E-state index contributed by atoms with van der Waals surface area (Å²) in [5.74, 6) is -0.652. The van der Waals surface area contributed by atoms with Crippen molar-refractivity contribution in [2.45, 2.75) is 90.1 Å². The minimum Gasteiger partial charge on any atom is -0.298 e. The second-order valence-corrected chi connectivity index (χ2v) is 7.71. The highest BCUT2D eigenvalue weighted by Crippen LogP contribution is 2.22. The van der Waals surface area contributed by atoms with Crippen molar-refractivity contribution in [3.8, 4) is 0 Å². The minimum absolute atomic E-state index is 0.193. The Morgan fingerprint density at radius 2 is 1.57 bits per heavy atom. The van der Waals surface area contributed by atoms with E-state index in [0.717, 1.165) is 44.9 Å². The largest absolute Gasteiger partial charge is 0.298 e. The highest BCUT2D eigenvalue weighted by Gasteiger charge is 2.24. The van der Waals surface area contributed by atoms with Gasteiger partial charge in [0.05, 0.1) is 6.10 Å². The van der Waals surface area contributed by atoms with Gasteiger partial charge in [-0.25, -0.2) is 0 Å². The molecule has 1 aliphatic carbocycles. The van der Waals surface area contributed by atoms with Crippen LogP contribution in [0.2, 0.25) is 0 Å². The number of Topliss-reactive ketones (excluding diaryl/α,β-unsaturated/α-hetero) is 1. The van der Waals surface area contributed by atoms with Crippen molar-refractivity contribution in [1.82, 2.24) is 0 Å². The van der Waals surface area contributed by atoms with Crippen molar-refractivity contribution in [2.24, 2.45) is 0 Å². The number of carbonyl (C=O) groups is 1. The lowest BCUT2D eigenvalue weighted by Crippen LogP contribution is -2.22. The quantitative estimate of drug-likeness (QED) is 0.403. The fourth-order valence-corrected chi connectivity index (χ4v) is 3.99. The molecule has 0 radical (unpaired) electrons. The molecule has 4 nitrogen and oxygen atoms in total. The molecule has 1 saturated carbocycles. The van der Waals surface area contributed by atoms with Gasteiger partial charge >= 0.3 is 0 Å². The van der Waals surface area contributed by atoms with Crippen LogP contribution in [0, 0.1) is 0 Å². The molecule has 0 amide bonds. The van der Waals surface area contributed by atoms with E-state index < -0.39 is 15.9 Å². The Labute approximate surface area is 129 Å². The van der Waals surface area contributed by atoms with Gasteiger partial charge in [0, 0.05) is 6.42 Å². The van der Waals surface area contributed by atoms with Gasteiger partial charge in [0.15, 0.2) is 0 Å². The first-order chi connectivity index (χ1) is 10.0. The van der Waals surface area contributed by atoms with Gasteiger partial charge in [-0.05, 0) is 19.3 Å². The van der Waals surface area contributed by atoms with Gasteiger partial charge in [-0.3, -0.25) is 8.98 Å². The molecule has 0 heterocycles. The van der Waals surface area contributed by atoms with Crippen molar-refractivity contribution >= 4 is 15.9 Å². The molecule has 5 heteroatoms. The molecule has 1 fully saturated rings. The summed E-state index contributed by atoms with van der Waals surface area (Å²) in [6.45, 7) is 2.19. The van der Waals surface area contributed by atoms with Crippen LogP contribution in [0.5, 0.6) is 0 Å². The molecule has 0 spiro atoms. The molecule has 21 heavy (non-hydrogen) atoms. The topological polar surface area (TPSA) is 60.4 Å². The number of hydrogen-bond acceptors (Lipinski definition) is 4. The summed E-state index contributed by atoms with van der Waals surface area (Å²) in [4.78, 5) is 11.7. The Bertz CT molecular complexity index is 383. The van der Waals surface area contributed by atoms with Crippen molar-refractivity contribution in [3.05, 3.63) is 0 Å². The number of ketones is 1. The first kappa shape index (κ1) is 18.6. The maximum atomic E-state index is 11.8. The van der Waals surface area contributed by atoms with Gasteiger partial charge < -0.3 is 0 Å². The van der Waals surface area contributed by atoms with Crippen LogP contribution in [-0.2, 0) is 19.1 Å². The van der Waals surface area contributed by atoms with E-state index in [1.54, 1.807) is 0 Å². The molecule has 0 aromatic heterocycles. The molecular formula is C16H30O4S. The summed E-state index contributed by atoms with van der Waals surface area (Å²) in [6.07, 6.45) is 11.7. The van der Waals surface area contributed by atoms with Gasteiger partial charge in [-0.15, -0.1) is 0 Å². The van der Waals surface area contributed by atoms with Crippen LogP contribution >= 0.6 is 0 Å². The summed E-state index contributed by atoms with van der Waals surface area (Å²) >= 11 is 0. The second kappa shape index (κ2) is 10.3. The predicted molar refractivity (Wildman–Crippen MR) is 84.7 cm³/mol. The van der Waals surface area contributed by atoms with Gasteiger partial charge in [0.2, 0.25) is 0 Å². The van der Waals surface area contributed by atoms with Crippen molar-refractivity contribution in [2.75, 3.05) is 5.75 Å². The first-order valence-electron chi connectivity index (χ1n) is 8.46. The average Bonchev–Trinajstić information content (AvgIpc) is 2.89. The fourth-order valence-electron chi connectivity index (χ4n) is 2.77. The molecular weight excluding hydrogens is 288 g/mol.